The van der Waals surface area contributed by atoms with Gasteiger partial charge < -0.3 is 14.4 Å². The second-order valence-corrected chi connectivity index (χ2v) is 6.79. The van der Waals surface area contributed by atoms with E-state index in [4.69, 9.17) is 9.47 Å². The molecule has 0 fully saturated rings. The first-order chi connectivity index (χ1) is 14.1. The van der Waals surface area contributed by atoms with Crippen molar-refractivity contribution in [2.24, 2.45) is 0 Å². The topological polar surface area (TPSA) is 69.5 Å². The predicted octanol–water partition coefficient (Wildman–Crippen LogP) is 3.27. The van der Waals surface area contributed by atoms with Gasteiger partial charge in [-0.2, -0.15) is 5.10 Å². The van der Waals surface area contributed by atoms with Crippen molar-refractivity contribution < 1.29 is 14.3 Å². The van der Waals surface area contributed by atoms with Crippen molar-refractivity contribution in [2.75, 3.05) is 20.3 Å². The maximum Gasteiger partial charge on any atom is 0.246 e. The third-order valence-electron chi connectivity index (χ3n) is 4.97. The minimum Gasteiger partial charge on any atom is -0.486 e. The molecule has 0 N–H and O–H groups in total. The number of aromatic nitrogens is 3. The smallest absolute Gasteiger partial charge is 0.246 e. The summed E-state index contributed by atoms with van der Waals surface area (Å²) in [5.74, 6) is 1.37. The van der Waals surface area contributed by atoms with Crippen LogP contribution >= 0.6 is 0 Å². The number of amides is 1. The Kier molecular flexibility index (Phi) is 5.29. The second-order valence-electron chi connectivity index (χ2n) is 6.79. The number of carbonyl (C=O) groups is 1. The van der Waals surface area contributed by atoms with Gasteiger partial charge in [0.1, 0.15) is 25.9 Å². The standard InChI is InChI=1S/C22H22N4O3/c1-16(18-5-7-19(8-6-18)26-15-23-14-24-26)25(2)22(27)10-4-17-3-9-20-21(13-17)29-12-11-28-20/h3-10,13-16H,11-12H2,1-2H3/b10-4+/t16-/m1/s1. The Labute approximate surface area is 169 Å². The molecule has 1 aromatic heterocycles. The maximum atomic E-state index is 12.6. The summed E-state index contributed by atoms with van der Waals surface area (Å²) in [6, 6.07) is 13.5. The van der Waals surface area contributed by atoms with Crippen LogP contribution in [0.2, 0.25) is 0 Å². The van der Waals surface area contributed by atoms with Crippen molar-refractivity contribution in [1.82, 2.24) is 19.7 Å². The average molecular weight is 390 g/mol. The highest BCUT2D eigenvalue weighted by Gasteiger charge is 2.16. The van der Waals surface area contributed by atoms with Gasteiger partial charge in [-0.15, -0.1) is 0 Å². The molecule has 148 valence electrons. The number of carbonyl (C=O) groups excluding carboxylic acids is 1. The highest BCUT2D eigenvalue weighted by atomic mass is 16.6. The third kappa shape index (κ3) is 4.13. The van der Waals surface area contributed by atoms with Crippen molar-refractivity contribution in [2.45, 2.75) is 13.0 Å². The van der Waals surface area contributed by atoms with E-state index in [9.17, 15) is 4.79 Å². The molecule has 0 aliphatic carbocycles. The van der Waals surface area contributed by atoms with Crippen LogP contribution in [0.3, 0.4) is 0 Å². The van der Waals surface area contributed by atoms with Crippen LogP contribution in [0.25, 0.3) is 11.8 Å². The normalized spacial score (nSPS) is 14.0. The fraction of sp³-hybridized carbons (Fsp3) is 0.227. The molecule has 2 heterocycles. The molecule has 1 aliphatic rings. The van der Waals surface area contributed by atoms with E-state index in [1.165, 1.54) is 6.33 Å². The summed E-state index contributed by atoms with van der Waals surface area (Å²) >= 11 is 0. The highest BCUT2D eigenvalue weighted by Crippen LogP contribution is 2.31. The molecular formula is C22H22N4O3. The van der Waals surface area contributed by atoms with Crippen LogP contribution < -0.4 is 9.47 Å². The Morgan fingerprint density at radius 3 is 2.62 bits per heavy atom. The van der Waals surface area contributed by atoms with E-state index in [1.807, 2.05) is 49.4 Å². The van der Waals surface area contributed by atoms with Gasteiger partial charge >= 0.3 is 0 Å². The molecular weight excluding hydrogens is 368 g/mol. The quantitative estimate of drug-likeness (QED) is 0.626. The summed E-state index contributed by atoms with van der Waals surface area (Å²) in [6.45, 7) is 3.10. The number of hydrogen-bond acceptors (Lipinski definition) is 5. The Balaban J connectivity index is 1.42. The van der Waals surface area contributed by atoms with Crippen LogP contribution in [0.15, 0.2) is 61.2 Å². The zero-order chi connectivity index (χ0) is 20.2. The van der Waals surface area contributed by atoms with Gasteiger partial charge in [-0.25, -0.2) is 9.67 Å². The van der Waals surface area contributed by atoms with Crippen LogP contribution in [0.4, 0.5) is 0 Å². The van der Waals surface area contributed by atoms with Crippen LogP contribution in [0.5, 0.6) is 11.5 Å². The van der Waals surface area contributed by atoms with Gasteiger partial charge in [0.25, 0.3) is 0 Å². The molecule has 2 aromatic carbocycles. The lowest BCUT2D eigenvalue weighted by molar-refractivity contribution is -0.126. The SMILES string of the molecule is C[C@H](c1ccc(-n2cncn2)cc1)N(C)C(=O)/C=C/c1ccc2c(c1)OCCO2. The van der Waals surface area contributed by atoms with E-state index in [2.05, 4.69) is 10.1 Å². The fourth-order valence-electron chi connectivity index (χ4n) is 3.11. The van der Waals surface area contributed by atoms with E-state index in [0.29, 0.717) is 19.0 Å². The monoisotopic (exact) mass is 390 g/mol. The number of likely N-dealkylation sites (N-methyl/N-ethyl adjacent to an activating group) is 1. The Morgan fingerprint density at radius 2 is 1.90 bits per heavy atom. The predicted molar refractivity (Wildman–Crippen MR) is 109 cm³/mol. The molecule has 7 nitrogen and oxygen atoms in total. The van der Waals surface area contributed by atoms with E-state index < -0.39 is 0 Å². The van der Waals surface area contributed by atoms with Crippen LogP contribution in [-0.2, 0) is 4.79 Å². The lowest BCUT2D eigenvalue weighted by Gasteiger charge is -2.24. The summed E-state index contributed by atoms with van der Waals surface area (Å²) in [6.07, 6.45) is 6.51. The van der Waals surface area contributed by atoms with Crippen molar-refractivity contribution in [3.05, 3.63) is 72.3 Å². The summed E-state index contributed by atoms with van der Waals surface area (Å²) < 4.78 is 12.8. The van der Waals surface area contributed by atoms with Crippen molar-refractivity contribution in [3.63, 3.8) is 0 Å². The van der Waals surface area contributed by atoms with Crippen molar-refractivity contribution in [3.8, 4) is 17.2 Å². The maximum absolute atomic E-state index is 12.6. The van der Waals surface area contributed by atoms with Gasteiger partial charge in [-0.1, -0.05) is 18.2 Å². The molecule has 4 rings (SSSR count). The zero-order valence-electron chi connectivity index (χ0n) is 16.4. The van der Waals surface area contributed by atoms with Crippen molar-refractivity contribution in [1.29, 1.82) is 0 Å². The molecule has 1 amide bonds. The number of fused-ring (bicyclic) bond motifs is 1. The fourth-order valence-corrected chi connectivity index (χ4v) is 3.11. The van der Waals surface area contributed by atoms with E-state index in [0.717, 1.165) is 22.6 Å². The molecule has 0 bridgehead atoms. The van der Waals surface area contributed by atoms with Gasteiger partial charge in [-0.05, 0) is 48.4 Å². The Bertz CT molecular complexity index is 1010. The van der Waals surface area contributed by atoms with E-state index >= 15 is 0 Å². The lowest BCUT2D eigenvalue weighted by atomic mass is 10.1. The second kappa shape index (κ2) is 8.18. The summed E-state index contributed by atoms with van der Waals surface area (Å²) in [7, 11) is 1.80. The first kappa shape index (κ1) is 18.7. The van der Waals surface area contributed by atoms with Gasteiger partial charge in [-0.3, -0.25) is 4.79 Å². The molecule has 3 aromatic rings. The number of hydrogen-bond donors (Lipinski definition) is 0. The van der Waals surface area contributed by atoms with Crippen LogP contribution in [-0.4, -0.2) is 45.8 Å². The molecule has 7 heteroatoms. The molecule has 0 radical (unpaired) electrons. The molecule has 0 saturated heterocycles. The minimum absolute atomic E-state index is 0.0720. The van der Waals surface area contributed by atoms with Crippen LogP contribution in [0, 0.1) is 0 Å². The first-order valence-corrected chi connectivity index (χ1v) is 9.41. The minimum atomic E-state index is -0.0762. The number of ether oxygens (including phenoxy) is 2. The highest BCUT2D eigenvalue weighted by molar-refractivity contribution is 5.92. The largest absolute Gasteiger partial charge is 0.486 e. The molecule has 1 aliphatic heterocycles. The molecule has 0 unspecified atom stereocenters. The summed E-state index contributed by atoms with van der Waals surface area (Å²) in [5.41, 5.74) is 2.85. The van der Waals surface area contributed by atoms with Gasteiger partial charge in [0.15, 0.2) is 11.5 Å². The molecule has 29 heavy (non-hydrogen) atoms. The number of benzene rings is 2. The Hall–Kier alpha value is -3.61. The van der Waals surface area contributed by atoms with Gasteiger partial charge in [0.2, 0.25) is 5.91 Å². The third-order valence-corrected chi connectivity index (χ3v) is 4.97. The van der Waals surface area contributed by atoms with Gasteiger partial charge in [0, 0.05) is 13.1 Å². The van der Waals surface area contributed by atoms with E-state index in [-0.39, 0.29) is 11.9 Å². The number of rotatable bonds is 5. The molecule has 0 spiro atoms. The summed E-state index contributed by atoms with van der Waals surface area (Å²) in [5, 5.41) is 4.12. The lowest BCUT2D eigenvalue weighted by Crippen LogP contribution is -2.28. The molecule has 1 atom stereocenters. The first-order valence-electron chi connectivity index (χ1n) is 9.41. The molecule has 0 saturated carbocycles. The van der Waals surface area contributed by atoms with Crippen LogP contribution in [0.1, 0.15) is 24.1 Å². The van der Waals surface area contributed by atoms with E-state index in [1.54, 1.807) is 35.1 Å². The average Bonchev–Trinajstić information content (AvgIpc) is 3.31. The Morgan fingerprint density at radius 1 is 1.14 bits per heavy atom. The zero-order valence-corrected chi connectivity index (χ0v) is 16.4. The van der Waals surface area contributed by atoms with Gasteiger partial charge in [0.05, 0.1) is 11.7 Å². The number of nitrogens with zero attached hydrogens (tertiary/aromatic N) is 4. The van der Waals surface area contributed by atoms with Crippen molar-refractivity contribution >= 4 is 12.0 Å². The summed E-state index contributed by atoms with van der Waals surface area (Å²) in [4.78, 5) is 18.3.